The topological polar surface area (TPSA) is 46.5 Å². The number of carboxylic acid groups (broad SMARTS) is 1. The first-order valence-electron chi connectivity index (χ1n) is 9.47. The molecule has 3 nitrogen and oxygen atoms in total. The van der Waals surface area contributed by atoms with E-state index in [1.165, 1.54) is 32.1 Å². The molecule has 0 heterocycles. The van der Waals surface area contributed by atoms with Crippen LogP contribution in [0.3, 0.4) is 0 Å². The third-order valence-electron chi connectivity index (χ3n) is 3.76. The van der Waals surface area contributed by atoms with Crippen molar-refractivity contribution in [2.75, 3.05) is 6.61 Å². The number of unbranched alkanes of at least 4 members (excludes halogenated alkanes) is 6. The smallest absolute Gasteiger partial charge is 0.332 e. The van der Waals surface area contributed by atoms with Crippen LogP contribution < -0.4 is 0 Å². The molecule has 0 bridgehead atoms. The lowest BCUT2D eigenvalue weighted by Gasteiger charge is -2.07. The first-order chi connectivity index (χ1) is 11.7. The van der Waals surface area contributed by atoms with Crippen molar-refractivity contribution < 1.29 is 14.6 Å². The minimum Gasteiger partial charge on any atom is -0.479 e. The number of rotatable bonds is 16. The molecule has 0 radical (unpaired) electrons. The van der Waals surface area contributed by atoms with E-state index in [0.29, 0.717) is 6.61 Å². The van der Waals surface area contributed by atoms with Crippen LogP contribution in [-0.2, 0) is 9.53 Å². The summed E-state index contributed by atoms with van der Waals surface area (Å²) < 4.78 is 5.20. The number of allylic oxidation sites excluding steroid dienone is 6. The van der Waals surface area contributed by atoms with Gasteiger partial charge in [0, 0.05) is 6.61 Å². The van der Waals surface area contributed by atoms with Gasteiger partial charge in [-0.05, 0) is 45.4 Å². The summed E-state index contributed by atoms with van der Waals surface area (Å²) in [5.41, 5.74) is 0. The first kappa shape index (κ1) is 22.6. The molecular formula is C21H36O3. The average Bonchev–Trinajstić information content (AvgIpc) is 2.57. The molecular weight excluding hydrogens is 300 g/mol. The lowest BCUT2D eigenvalue weighted by Crippen LogP contribution is -2.20. The molecule has 138 valence electrons. The van der Waals surface area contributed by atoms with Gasteiger partial charge >= 0.3 is 5.97 Å². The predicted molar refractivity (Wildman–Crippen MR) is 102 cm³/mol. The van der Waals surface area contributed by atoms with Crippen molar-refractivity contribution in [2.45, 2.75) is 84.2 Å². The van der Waals surface area contributed by atoms with Crippen LogP contribution in [0.5, 0.6) is 0 Å². The zero-order valence-corrected chi connectivity index (χ0v) is 15.6. The Labute approximate surface area is 148 Å². The molecule has 0 aliphatic heterocycles. The number of carboxylic acids is 1. The number of carbonyl (C=O) groups is 1. The van der Waals surface area contributed by atoms with Crippen LogP contribution in [0.2, 0.25) is 0 Å². The van der Waals surface area contributed by atoms with Crippen molar-refractivity contribution in [1.29, 1.82) is 0 Å². The molecule has 0 aromatic heterocycles. The molecule has 3 heteroatoms. The van der Waals surface area contributed by atoms with Gasteiger partial charge in [0.2, 0.25) is 0 Å². The summed E-state index contributed by atoms with van der Waals surface area (Å²) >= 11 is 0. The van der Waals surface area contributed by atoms with Gasteiger partial charge in [-0.15, -0.1) is 0 Å². The van der Waals surface area contributed by atoms with E-state index >= 15 is 0 Å². The third kappa shape index (κ3) is 17.0. The highest BCUT2D eigenvalue weighted by atomic mass is 16.5. The molecule has 0 fully saturated rings. The highest BCUT2D eigenvalue weighted by Gasteiger charge is 2.09. The Morgan fingerprint density at radius 2 is 1.42 bits per heavy atom. The monoisotopic (exact) mass is 336 g/mol. The molecule has 1 unspecified atom stereocenters. The second-order valence-corrected chi connectivity index (χ2v) is 6.06. The zero-order chi connectivity index (χ0) is 17.9. The first-order valence-corrected chi connectivity index (χ1v) is 9.47. The summed E-state index contributed by atoms with van der Waals surface area (Å²) in [5.74, 6) is -0.883. The van der Waals surface area contributed by atoms with Gasteiger partial charge in [0.15, 0.2) is 6.10 Å². The highest BCUT2D eigenvalue weighted by Crippen LogP contribution is 2.08. The van der Waals surface area contributed by atoms with E-state index in [0.717, 1.165) is 32.1 Å². The van der Waals surface area contributed by atoms with Gasteiger partial charge in [0.05, 0.1) is 0 Å². The van der Waals surface area contributed by atoms with Crippen LogP contribution in [0.25, 0.3) is 0 Å². The average molecular weight is 337 g/mol. The summed E-state index contributed by atoms with van der Waals surface area (Å²) in [6, 6.07) is 0. The Balaban J connectivity index is 3.26. The van der Waals surface area contributed by atoms with E-state index in [4.69, 9.17) is 9.84 Å². The van der Waals surface area contributed by atoms with Crippen LogP contribution in [0.1, 0.15) is 78.1 Å². The second kappa shape index (κ2) is 18.0. The standard InChI is InChI=1S/C21H36O3/c1-3-4-5-6-7-8-9-10-11-12-13-14-15-16-17-18-19-24-20(2)21(22)23/h4-5,7-8,10-11,20H,3,6,9,12-19H2,1-2H3,(H,22,23). The van der Waals surface area contributed by atoms with Crippen molar-refractivity contribution in [1.82, 2.24) is 0 Å². The van der Waals surface area contributed by atoms with Crippen LogP contribution in [-0.4, -0.2) is 23.8 Å². The fourth-order valence-corrected chi connectivity index (χ4v) is 2.23. The minimum absolute atomic E-state index is 0.554. The quantitative estimate of drug-likeness (QED) is 0.275. The fourth-order valence-electron chi connectivity index (χ4n) is 2.23. The fraction of sp³-hybridized carbons (Fsp3) is 0.667. The maximum absolute atomic E-state index is 10.6. The Bertz CT molecular complexity index is 369. The van der Waals surface area contributed by atoms with E-state index in [9.17, 15) is 4.79 Å². The van der Waals surface area contributed by atoms with Gasteiger partial charge in [-0.1, -0.05) is 69.1 Å². The van der Waals surface area contributed by atoms with Crippen LogP contribution >= 0.6 is 0 Å². The summed E-state index contributed by atoms with van der Waals surface area (Å²) in [5, 5.41) is 8.68. The van der Waals surface area contributed by atoms with E-state index in [-0.39, 0.29) is 0 Å². The molecule has 0 rings (SSSR count). The summed E-state index contributed by atoms with van der Waals surface area (Å²) in [6.07, 6.45) is 24.1. The van der Waals surface area contributed by atoms with Gasteiger partial charge in [-0.2, -0.15) is 0 Å². The molecule has 0 aliphatic carbocycles. The largest absolute Gasteiger partial charge is 0.479 e. The summed E-state index contributed by atoms with van der Waals surface area (Å²) in [7, 11) is 0. The Hall–Kier alpha value is -1.35. The Morgan fingerprint density at radius 3 is 2.04 bits per heavy atom. The normalized spacial score (nSPS) is 13.4. The van der Waals surface area contributed by atoms with E-state index in [1.54, 1.807) is 6.92 Å². The molecule has 0 aromatic carbocycles. The number of aliphatic carboxylic acids is 1. The van der Waals surface area contributed by atoms with E-state index in [1.807, 2.05) is 0 Å². The summed E-state index contributed by atoms with van der Waals surface area (Å²) in [4.78, 5) is 10.6. The van der Waals surface area contributed by atoms with E-state index in [2.05, 4.69) is 43.4 Å². The molecule has 1 N–H and O–H groups in total. The maximum atomic E-state index is 10.6. The Morgan fingerprint density at radius 1 is 0.875 bits per heavy atom. The molecule has 0 spiro atoms. The molecule has 0 saturated carbocycles. The van der Waals surface area contributed by atoms with Gasteiger partial charge < -0.3 is 9.84 Å². The Kier molecular flexibility index (Phi) is 17.0. The van der Waals surface area contributed by atoms with Crippen molar-refractivity contribution in [3.05, 3.63) is 36.5 Å². The molecule has 0 saturated heterocycles. The number of ether oxygens (including phenoxy) is 1. The highest BCUT2D eigenvalue weighted by molar-refractivity contribution is 5.71. The van der Waals surface area contributed by atoms with Gasteiger partial charge in [-0.3, -0.25) is 0 Å². The zero-order valence-electron chi connectivity index (χ0n) is 15.6. The minimum atomic E-state index is -0.883. The van der Waals surface area contributed by atoms with Crippen molar-refractivity contribution in [3.63, 3.8) is 0 Å². The third-order valence-corrected chi connectivity index (χ3v) is 3.76. The molecule has 0 aromatic rings. The molecule has 0 aliphatic rings. The van der Waals surface area contributed by atoms with Crippen LogP contribution in [0.4, 0.5) is 0 Å². The van der Waals surface area contributed by atoms with Crippen molar-refractivity contribution in [3.8, 4) is 0 Å². The predicted octanol–water partition coefficient (Wildman–Crippen LogP) is 6.07. The van der Waals surface area contributed by atoms with E-state index < -0.39 is 12.1 Å². The molecule has 0 amide bonds. The van der Waals surface area contributed by atoms with Gasteiger partial charge in [0.1, 0.15) is 0 Å². The molecule has 1 atom stereocenters. The van der Waals surface area contributed by atoms with Crippen LogP contribution in [0, 0.1) is 0 Å². The molecule has 24 heavy (non-hydrogen) atoms. The van der Waals surface area contributed by atoms with Gasteiger partial charge in [0.25, 0.3) is 0 Å². The van der Waals surface area contributed by atoms with Crippen molar-refractivity contribution in [2.24, 2.45) is 0 Å². The number of hydrogen-bond donors (Lipinski definition) is 1. The maximum Gasteiger partial charge on any atom is 0.332 e. The lowest BCUT2D eigenvalue weighted by molar-refractivity contribution is -0.149. The second-order valence-electron chi connectivity index (χ2n) is 6.06. The number of hydrogen-bond acceptors (Lipinski definition) is 2. The van der Waals surface area contributed by atoms with Crippen molar-refractivity contribution >= 4 is 5.97 Å². The van der Waals surface area contributed by atoms with Crippen LogP contribution in [0.15, 0.2) is 36.5 Å². The SMILES string of the molecule is CCC=CCC=CCC=CCCCCCCCCOC(C)C(=O)O. The van der Waals surface area contributed by atoms with Gasteiger partial charge in [-0.25, -0.2) is 4.79 Å². The lowest BCUT2D eigenvalue weighted by atomic mass is 10.1. The summed E-state index contributed by atoms with van der Waals surface area (Å²) in [6.45, 7) is 4.29.